The third kappa shape index (κ3) is 17.1. The van der Waals surface area contributed by atoms with Gasteiger partial charge in [0.05, 0.1) is 0 Å². The number of hydrogen-bond donors (Lipinski definition) is 2. The summed E-state index contributed by atoms with van der Waals surface area (Å²) in [6, 6.07) is 0. The third-order valence-electron chi connectivity index (χ3n) is 1.51. The number of ether oxygens (including phenoxy) is 1. The molecule has 0 aromatic heterocycles. The van der Waals surface area contributed by atoms with E-state index in [-0.39, 0.29) is 18.5 Å². The number of primary amides is 1. The smallest absolute Gasteiger partial charge is 0.333 e. The van der Waals surface area contributed by atoms with Crippen LogP contribution in [0.25, 0.3) is 0 Å². The van der Waals surface area contributed by atoms with Gasteiger partial charge in [-0.2, -0.15) is 0 Å². The lowest BCUT2D eigenvalue weighted by Gasteiger charge is -2.07. The Kier molecular flexibility index (Phi) is 19.1. The van der Waals surface area contributed by atoms with Crippen LogP contribution in [0.5, 0.6) is 0 Å². The molecule has 0 aliphatic carbocycles. The molecule has 0 unspecified atom stereocenters. The number of alkyl halides is 1. The fourth-order valence-electron chi connectivity index (χ4n) is 0.480. The Morgan fingerprint density at radius 2 is 1.78 bits per heavy atom. The maximum atomic E-state index is 11.0. The highest BCUT2D eigenvalue weighted by molar-refractivity contribution is 6.15. The van der Waals surface area contributed by atoms with Crippen molar-refractivity contribution in [2.24, 2.45) is 17.4 Å². The Bertz CT molecular complexity index is 266. The molecule has 0 aromatic rings. The molecule has 0 bridgehead atoms. The van der Waals surface area contributed by atoms with Gasteiger partial charge in [-0.05, 0) is 12.0 Å². The second-order valence-corrected chi connectivity index (χ2v) is 3.21. The fourth-order valence-corrected chi connectivity index (χ4v) is 0.480. The van der Waals surface area contributed by atoms with Crippen molar-refractivity contribution in [3.05, 3.63) is 24.8 Å². The molecule has 0 aromatic carbocycles. The normalized spacial score (nSPS) is 8.11. The lowest BCUT2D eigenvalue weighted by Crippen LogP contribution is -2.16. The Hall–Kier alpha value is -1.33. The summed E-state index contributed by atoms with van der Waals surface area (Å²) in [4.78, 5) is 20.4. The van der Waals surface area contributed by atoms with Gasteiger partial charge in [0, 0.05) is 18.5 Å². The van der Waals surface area contributed by atoms with E-state index < -0.39 is 5.91 Å². The van der Waals surface area contributed by atoms with E-state index in [1.54, 1.807) is 0 Å². The minimum absolute atomic E-state index is 0.139. The fraction of sp³-hybridized carbons (Fsp3) is 0.500. The summed E-state index contributed by atoms with van der Waals surface area (Å²) in [5.74, 6) is -0.685. The first-order chi connectivity index (χ1) is 8.36. The Labute approximate surface area is 114 Å². The Morgan fingerprint density at radius 1 is 1.39 bits per heavy atom. The zero-order valence-corrected chi connectivity index (χ0v) is 12.0. The number of nitrogens with two attached hydrogens (primary N) is 2. The predicted octanol–water partition coefficient (Wildman–Crippen LogP) is 1.21. The molecule has 0 aliphatic rings. The van der Waals surface area contributed by atoms with Gasteiger partial charge in [0.25, 0.3) is 0 Å². The zero-order chi connectivity index (χ0) is 15.1. The van der Waals surface area contributed by atoms with Crippen LogP contribution < -0.4 is 11.5 Å². The summed E-state index contributed by atoms with van der Waals surface area (Å²) in [6.07, 6.45) is 2.53. The molecule has 0 aliphatic heterocycles. The lowest BCUT2D eigenvalue weighted by molar-refractivity contribution is -0.139. The monoisotopic (exact) mass is 278 g/mol. The van der Waals surface area contributed by atoms with Crippen molar-refractivity contribution in [2.45, 2.75) is 13.8 Å². The average Bonchev–Trinajstić information content (AvgIpc) is 2.37. The number of carbonyl (C=O) groups is 2. The molecule has 0 rings (SSSR count). The first-order valence-corrected chi connectivity index (χ1v) is 5.98. The first-order valence-electron chi connectivity index (χ1n) is 5.22. The van der Waals surface area contributed by atoms with E-state index in [4.69, 9.17) is 10.5 Å². The van der Waals surface area contributed by atoms with Crippen molar-refractivity contribution in [3.8, 4) is 0 Å². The highest BCUT2D eigenvalue weighted by Crippen LogP contribution is 2.07. The molecule has 106 valence electrons. The van der Waals surface area contributed by atoms with Crippen LogP contribution in [-0.2, 0) is 14.3 Å². The van der Waals surface area contributed by atoms with Gasteiger partial charge in [0.15, 0.2) is 0 Å². The topological polar surface area (TPSA) is 95.4 Å². The third-order valence-corrected chi connectivity index (χ3v) is 1.51. The van der Waals surface area contributed by atoms with Gasteiger partial charge in [0.2, 0.25) is 5.91 Å². The molecule has 5 nitrogen and oxygen atoms in total. The van der Waals surface area contributed by atoms with Crippen LogP contribution in [0.2, 0.25) is 0 Å². The molecular weight excluding hydrogens is 256 g/mol. The summed E-state index contributed by atoms with van der Waals surface area (Å²) in [7, 11) is 0. The van der Waals surface area contributed by atoms with Crippen molar-refractivity contribution in [1.82, 2.24) is 0 Å². The van der Waals surface area contributed by atoms with Gasteiger partial charge < -0.3 is 16.2 Å². The molecule has 0 spiro atoms. The van der Waals surface area contributed by atoms with Crippen LogP contribution >= 0.6 is 11.6 Å². The number of halogens is 1. The van der Waals surface area contributed by atoms with Gasteiger partial charge in [0.1, 0.15) is 6.61 Å². The number of esters is 1. The van der Waals surface area contributed by atoms with Gasteiger partial charge in [-0.25, -0.2) is 4.79 Å². The minimum Gasteiger partial charge on any atom is -0.461 e. The van der Waals surface area contributed by atoms with E-state index in [2.05, 4.69) is 30.5 Å². The molecule has 0 saturated carbocycles. The SMILES string of the molecule is C=C(C(=O)OCCN)C(C)C.C=CC(N)=O.CCl. The summed E-state index contributed by atoms with van der Waals surface area (Å²) in [5.41, 5.74) is 10.2. The van der Waals surface area contributed by atoms with E-state index in [1.807, 2.05) is 13.8 Å². The highest BCUT2D eigenvalue weighted by atomic mass is 35.5. The molecule has 4 N–H and O–H groups in total. The predicted molar refractivity (Wildman–Crippen MR) is 75.2 cm³/mol. The zero-order valence-electron chi connectivity index (χ0n) is 11.2. The summed E-state index contributed by atoms with van der Waals surface area (Å²) < 4.78 is 4.75. The molecule has 0 fully saturated rings. The van der Waals surface area contributed by atoms with E-state index in [0.29, 0.717) is 12.1 Å². The standard InChI is InChI=1S/C8H15NO2.C3H5NO.CH3Cl/c1-6(2)7(3)8(10)11-5-4-9;1-2-3(4)5;1-2/h6H,3-5,9H2,1-2H3;2H,1H2,(H2,4,5);1H3. The molecule has 0 heterocycles. The lowest BCUT2D eigenvalue weighted by atomic mass is 10.1. The molecule has 18 heavy (non-hydrogen) atoms. The van der Waals surface area contributed by atoms with Crippen LogP contribution in [0.4, 0.5) is 0 Å². The largest absolute Gasteiger partial charge is 0.461 e. The van der Waals surface area contributed by atoms with Gasteiger partial charge >= 0.3 is 5.97 Å². The molecule has 0 radical (unpaired) electrons. The van der Waals surface area contributed by atoms with E-state index in [1.165, 1.54) is 6.38 Å². The molecule has 1 amide bonds. The Balaban J connectivity index is -0.000000270. The summed E-state index contributed by atoms with van der Waals surface area (Å²) in [6.45, 7) is 11.1. The summed E-state index contributed by atoms with van der Waals surface area (Å²) in [5, 5.41) is 0. The quantitative estimate of drug-likeness (QED) is 0.449. The number of rotatable bonds is 5. The van der Waals surface area contributed by atoms with Crippen molar-refractivity contribution < 1.29 is 14.3 Å². The van der Waals surface area contributed by atoms with Crippen molar-refractivity contribution >= 4 is 23.5 Å². The number of amides is 1. The van der Waals surface area contributed by atoms with E-state index >= 15 is 0 Å². The van der Waals surface area contributed by atoms with Gasteiger partial charge in [-0.3, -0.25) is 4.79 Å². The minimum atomic E-state index is -0.481. The molecule has 0 atom stereocenters. The second-order valence-electron chi connectivity index (χ2n) is 3.21. The van der Waals surface area contributed by atoms with Crippen LogP contribution in [0.1, 0.15) is 13.8 Å². The van der Waals surface area contributed by atoms with Crippen LogP contribution in [-0.4, -0.2) is 31.4 Å². The van der Waals surface area contributed by atoms with E-state index in [9.17, 15) is 9.59 Å². The Morgan fingerprint density at radius 3 is 2.00 bits per heavy atom. The van der Waals surface area contributed by atoms with E-state index in [0.717, 1.165) is 6.08 Å². The summed E-state index contributed by atoms with van der Waals surface area (Å²) >= 11 is 4.64. The van der Waals surface area contributed by atoms with Gasteiger partial charge in [-0.15, -0.1) is 11.6 Å². The number of carbonyl (C=O) groups excluding carboxylic acids is 2. The van der Waals surface area contributed by atoms with Crippen molar-refractivity contribution in [2.75, 3.05) is 19.5 Å². The van der Waals surface area contributed by atoms with Crippen LogP contribution in [0.3, 0.4) is 0 Å². The molecule has 0 saturated heterocycles. The molecular formula is C12H23ClN2O3. The first kappa shape index (κ1) is 21.9. The average molecular weight is 279 g/mol. The van der Waals surface area contributed by atoms with Crippen LogP contribution in [0, 0.1) is 5.92 Å². The second kappa shape index (κ2) is 15.7. The maximum absolute atomic E-state index is 11.0. The van der Waals surface area contributed by atoms with Gasteiger partial charge in [-0.1, -0.05) is 27.0 Å². The number of hydrogen-bond acceptors (Lipinski definition) is 4. The maximum Gasteiger partial charge on any atom is 0.333 e. The van der Waals surface area contributed by atoms with Crippen molar-refractivity contribution in [1.29, 1.82) is 0 Å². The highest BCUT2D eigenvalue weighted by Gasteiger charge is 2.10. The van der Waals surface area contributed by atoms with Crippen molar-refractivity contribution in [3.63, 3.8) is 0 Å². The van der Waals surface area contributed by atoms with Crippen LogP contribution in [0.15, 0.2) is 24.8 Å². The molecule has 6 heteroatoms.